The highest BCUT2D eigenvalue weighted by molar-refractivity contribution is 9.10. The number of hydrogen-bond donors (Lipinski definition) is 0. The van der Waals surface area contributed by atoms with Crippen molar-refractivity contribution >= 4 is 27.5 Å². The van der Waals surface area contributed by atoms with Gasteiger partial charge in [-0.05, 0) is 47.5 Å². The summed E-state index contributed by atoms with van der Waals surface area (Å²) in [5, 5.41) is 0.498. The molecule has 0 atom stereocenters. The predicted molar refractivity (Wildman–Crippen MR) is 85.1 cm³/mol. The van der Waals surface area contributed by atoms with Crippen molar-refractivity contribution in [3.8, 4) is 0 Å². The molecule has 1 aliphatic rings. The normalized spacial score (nSPS) is 23.0. The van der Waals surface area contributed by atoms with E-state index >= 15 is 0 Å². The molecule has 0 aromatic carbocycles. The monoisotopic (exact) mass is 360 g/mol. The standard InChI is InChI=1S/C15H22BrClN2O/c1-3-4-10-5-7-11(8-6-10)15-18-12(9-20-2)13(16)14(17)19-15/h10-11H,3-9H2,1-2H3. The third-order valence-electron chi connectivity index (χ3n) is 4.09. The largest absolute Gasteiger partial charge is 0.378 e. The quantitative estimate of drug-likeness (QED) is 0.683. The van der Waals surface area contributed by atoms with Gasteiger partial charge >= 0.3 is 0 Å². The molecule has 5 heteroatoms. The lowest BCUT2D eigenvalue weighted by molar-refractivity contribution is 0.180. The van der Waals surface area contributed by atoms with Crippen molar-refractivity contribution in [2.75, 3.05) is 7.11 Å². The Balaban J connectivity index is 2.09. The van der Waals surface area contributed by atoms with Crippen molar-refractivity contribution < 1.29 is 4.74 Å². The van der Waals surface area contributed by atoms with Crippen LogP contribution in [0.1, 0.15) is 62.9 Å². The van der Waals surface area contributed by atoms with Gasteiger partial charge in [0.15, 0.2) is 0 Å². The molecule has 0 amide bonds. The van der Waals surface area contributed by atoms with Gasteiger partial charge in [-0.15, -0.1) is 0 Å². The molecular weight excluding hydrogens is 340 g/mol. The Morgan fingerprint density at radius 1 is 1.25 bits per heavy atom. The fourth-order valence-corrected chi connectivity index (χ4v) is 3.50. The Labute approximate surface area is 134 Å². The lowest BCUT2D eigenvalue weighted by atomic mass is 9.80. The van der Waals surface area contributed by atoms with Crippen LogP contribution < -0.4 is 0 Å². The second-order valence-electron chi connectivity index (χ2n) is 5.57. The molecule has 0 unspecified atom stereocenters. The molecule has 0 radical (unpaired) electrons. The summed E-state index contributed by atoms with van der Waals surface area (Å²) in [7, 11) is 1.66. The van der Waals surface area contributed by atoms with Crippen molar-refractivity contribution in [2.24, 2.45) is 5.92 Å². The summed E-state index contributed by atoms with van der Waals surface area (Å²) >= 11 is 9.63. The van der Waals surface area contributed by atoms with Gasteiger partial charge in [-0.2, -0.15) is 0 Å². The molecule has 0 aliphatic heterocycles. The average molecular weight is 362 g/mol. The fraction of sp³-hybridized carbons (Fsp3) is 0.733. The van der Waals surface area contributed by atoms with Crippen molar-refractivity contribution in [2.45, 2.75) is 58.0 Å². The van der Waals surface area contributed by atoms with Gasteiger partial charge in [0.05, 0.1) is 16.8 Å². The highest BCUT2D eigenvalue weighted by atomic mass is 79.9. The summed E-state index contributed by atoms with van der Waals surface area (Å²) < 4.78 is 5.93. The van der Waals surface area contributed by atoms with Crippen LogP contribution in [0.3, 0.4) is 0 Å². The zero-order valence-electron chi connectivity index (χ0n) is 12.2. The topological polar surface area (TPSA) is 35.0 Å². The lowest BCUT2D eigenvalue weighted by Gasteiger charge is -2.27. The molecule has 1 heterocycles. The second kappa shape index (κ2) is 7.71. The molecule has 3 nitrogen and oxygen atoms in total. The van der Waals surface area contributed by atoms with E-state index in [1.165, 1.54) is 38.5 Å². The number of rotatable bonds is 5. The molecule has 1 saturated carbocycles. The number of aromatic nitrogens is 2. The Kier molecular flexibility index (Phi) is 6.24. The first-order valence-corrected chi connectivity index (χ1v) is 8.53. The molecule has 1 aliphatic carbocycles. The highest BCUT2D eigenvalue weighted by Crippen LogP contribution is 2.37. The van der Waals surface area contributed by atoms with Crippen LogP contribution in [-0.2, 0) is 11.3 Å². The first-order chi connectivity index (χ1) is 9.65. The first-order valence-electron chi connectivity index (χ1n) is 7.36. The molecule has 20 heavy (non-hydrogen) atoms. The molecule has 1 fully saturated rings. The highest BCUT2D eigenvalue weighted by Gasteiger charge is 2.25. The molecule has 2 rings (SSSR count). The van der Waals surface area contributed by atoms with E-state index in [9.17, 15) is 0 Å². The van der Waals surface area contributed by atoms with Gasteiger partial charge in [0, 0.05) is 13.0 Å². The Morgan fingerprint density at radius 2 is 1.95 bits per heavy atom. The minimum absolute atomic E-state index is 0.448. The van der Waals surface area contributed by atoms with Gasteiger partial charge in [0.1, 0.15) is 11.0 Å². The SMILES string of the molecule is CCCC1CCC(c2nc(Cl)c(Br)c(COC)n2)CC1. The van der Waals surface area contributed by atoms with Crippen LogP contribution in [0, 0.1) is 5.92 Å². The molecule has 0 saturated heterocycles. The molecule has 0 bridgehead atoms. The van der Waals surface area contributed by atoms with E-state index < -0.39 is 0 Å². The fourth-order valence-electron chi connectivity index (χ4n) is 3.01. The Hall–Kier alpha value is -0.190. The van der Waals surface area contributed by atoms with Gasteiger partial charge in [-0.25, -0.2) is 9.97 Å². The van der Waals surface area contributed by atoms with Crippen LogP contribution in [-0.4, -0.2) is 17.1 Å². The van der Waals surface area contributed by atoms with Crippen LogP contribution in [0.4, 0.5) is 0 Å². The van der Waals surface area contributed by atoms with E-state index in [0.717, 1.165) is 21.9 Å². The van der Waals surface area contributed by atoms with E-state index in [1.807, 2.05) is 0 Å². The Morgan fingerprint density at radius 3 is 2.55 bits per heavy atom. The summed E-state index contributed by atoms with van der Waals surface area (Å²) in [6.45, 7) is 2.72. The maximum atomic E-state index is 6.20. The van der Waals surface area contributed by atoms with Gasteiger partial charge in [0.25, 0.3) is 0 Å². The summed E-state index contributed by atoms with van der Waals surface area (Å²) in [5.41, 5.74) is 0.846. The lowest BCUT2D eigenvalue weighted by Crippen LogP contribution is -2.16. The molecule has 0 N–H and O–H groups in total. The summed E-state index contributed by atoms with van der Waals surface area (Å²) in [5.74, 6) is 2.23. The zero-order valence-corrected chi connectivity index (χ0v) is 14.5. The molecule has 0 spiro atoms. The van der Waals surface area contributed by atoms with Crippen LogP contribution >= 0.6 is 27.5 Å². The first kappa shape index (κ1) is 16.2. The van der Waals surface area contributed by atoms with E-state index in [2.05, 4.69) is 32.8 Å². The van der Waals surface area contributed by atoms with Crippen molar-refractivity contribution in [3.05, 3.63) is 21.1 Å². The van der Waals surface area contributed by atoms with Gasteiger partial charge in [-0.1, -0.05) is 31.4 Å². The van der Waals surface area contributed by atoms with Crippen LogP contribution in [0.15, 0.2) is 4.47 Å². The van der Waals surface area contributed by atoms with Crippen molar-refractivity contribution in [1.29, 1.82) is 0 Å². The van der Waals surface area contributed by atoms with Gasteiger partial charge < -0.3 is 4.74 Å². The molecule has 1 aromatic heterocycles. The molecular formula is C15H22BrClN2O. The molecule has 1 aromatic rings. The summed E-state index contributed by atoms with van der Waals surface area (Å²) in [6.07, 6.45) is 7.56. The van der Waals surface area contributed by atoms with Gasteiger partial charge in [-0.3, -0.25) is 0 Å². The van der Waals surface area contributed by atoms with Crippen molar-refractivity contribution in [3.63, 3.8) is 0 Å². The van der Waals surface area contributed by atoms with Crippen molar-refractivity contribution in [1.82, 2.24) is 9.97 Å². The minimum Gasteiger partial charge on any atom is -0.378 e. The van der Waals surface area contributed by atoms with Crippen LogP contribution in [0.25, 0.3) is 0 Å². The van der Waals surface area contributed by atoms with E-state index in [4.69, 9.17) is 16.3 Å². The molecule has 112 valence electrons. The van der Waals surface area contributed by atoms with Crippen LogP contribution in [0.5, 0.6) is 0 Å². The van der Waals surface area contributed by atoms with E-state index in [1.54, 1.807) is 7.11 Å². The Bertz CT molecular complexity index is 448. The number of halogens is 2. The van der Waals surface area contributed by atoms with Crippen LogP contribution in [0.2, 0.25) is 5.15 Å². The number of hydrogen-bond acceptors (Lipinski definition) is 3. The van der Waals surface area contributed by atoms with Gasteiger partial charge in [0.2, 0.25) is 0 Å². The number of ether oxygens (including phenoxy) is 1. The van der Waals surface area contributed by atoms with E-state index in [-0.39, 0.29) is 0 Å². The van der Waals surface area contributed by atoms with E-state index in [0.29, 0.717) is 17.7 Å². The average Bonchev–Trinajstić information content (AvgIpc) is 2.45. The zero-order chi connectivity index (χ0) is 14.5. The summed E-state index contributed by atoms with van der Waals surface area (Å²) in [6, 6.07) is 0. The third-order valence-corrected chi connectivity index (χ3v) is 5.42. The summed E-state index contributed by atoms with van der Waals surface area (Å²) in [4.78, 5) is 9.11. The maximum absolute atomic E-state index is 6.20. The second-order valence-corrected chi connectivity index (χ2v) is 6.72. The predicted octanol–water partition coefficient (Wildman–Crippen LogP) is 5.11. The number of nitrogens with zero attached hydrogens (tertiary/aromatic N) is 2. The minimum atomic E-state index is 0.448. The maximum Gasteiger partial charge on any atom is 0.147 e. The smallest absolute Gasteiger partial charge is 0.147 e. The number of methoxy groups -OCH3 is 1. The third kappa shape index (κ3) is 3.92.